The Balaban J connectivity index is 1.90. The van der Waals surface area contributed by atoms with E-state index in [0.29, 0.717) is 11.5 Å². The molecule has 1 aliphatic carbocycles. The van der Waals surface area contributed by atoms with Gasteiger partial charge in [-0.05, 0) is 58.8 Å². The molecule has 1 saturated carbocycles. The number of methoxy groups -OCH3 is 1. The van der Waals surface area contributed by atoms with Crippen molar-refractivity contribution in [1.29, 1.82) is 0 Å². The fourth-order valence-corrected chi connectivity index (χ4v) is 3.43. The monoisotopic (exact) mass is 339 g/mol. The van der Waals surface area contributed by atoms with Crippen LogP contribution in [0.2, 0.25) is 0 Å². The number of carbonyl (C=O) groups excluding carboxylic acids is 1. The molecule has 0 aliphatic heterocycles. The second-order valence-electron chi connectivity index (χ2n) is 5.70. The summed E-state index contributed by atoms with van der Waals surface area (Å²) < 4.78 is 5.97. The van der Waals surface area contributed by atoms with Crippen LogP contribution in [0.4, 0.5) is 0 Å². The SMILES string of the molecule is COc1ccc(C(=O)NCC2CCCC(C)C2)cc1Br. The van der Waals surface area contributed by atoms with E-state index in [2.05, 4.69) is 28.2 Å². The van der Waals surface area contributed by atoms with E-state index in [4.69, 9.17) is 4.74 Å². The first kappa shape index (κ1) is 15.4. The summed E-state index contributed by atoms with van der Waals surface area (Å²) >= 11 is 3.41. The topological polar surface area (TPSA) is 38.3 Å². The lowest BCUT2D eigenvalue weighted by atomic mass is 9.82. The highest BCUT2D eigenvalue weighted by molar-refractivity contribution is 9.10. The molecule has 20 heavy (non-hydrogen) atoms. The Hall–Kier alpha value is -1.03. The van der Waals surface area contributed by atoms with Crippen LogP contribution >= 0.6 is 15.9 Å². The molecule has 1 amide bonds. The van der Waals surface area contributed by atoms with E-state index in [0.717, 1.165) is 22.7 Å². The van der Waals surface area contributed by atoms with Crippen LogP contribution in [0.25, 0.3) is 0 Å². The lowest BCUT2D eigenvalue weighted by molar-refractivity contribution is 0.0940. The van der Waals surface area contributed by atoms with Gasteiger partial charge in [0.15, 0.2) is 0 Å². The predicted octanol–water partition coefficient (Wildman–Crippen LogP) is 4.01. The Morgan fingerprint density at radius 3 is 2.90 bits per heavy atom. The van der Waals surface area contributed by atoms with Gasteiger partial charge in [-0.1, -0.05) is 19.8 Å². The molecular formula is C16H22BrNO2. The summed E-state index contributed by atoms with van der Waals surface area (Å²) in [6.45, 7) is 3.08. The van der Waals surface area contributed by atoms with E-state index in [9.17, 15) is 4.79 Å². The molecule has 0 bridgehead atoms. The standard InChI is InChI=1S/C16H22BrNO2/c1-11-4-3-5-12(8-11)10-18-16(19)13-6-7-15(20-2)14(17)9-13/h6-7,9,11-12H,3-5,8,10H2,1-2H3,(H,18,19). The number of amides is 1. The first-order valence-corrected chi connectivity index (χ1v) is 8.01. The van der Waals surface area contributed by atoms with E-state index in [1.54, 1.807) is 19.2 Å². The van der Waals surface area contributed by atoms with E-state index >= 15 is 0 Å². The quantitative estimate of drug-likeness (QED) is 0.899. The first-order chi connectivity index (χ1) is 9.60. The summed E-state index contributed by atoms with van der Waals surface area (Å²) in [5.41, 5.74) is 0.668. The molecular weight excluding hydrogens is 318 g/mol. The molecule has 0 radical (unpaired) electrons. The minimum atomic E-state index is -0.00780. The van der Waals surface area contributed by atoms with Gasteiger partial charge in [-0.3, -0.25) is 4.79 Å². The zero-order valence-corrected chi connectivity index (χ0v) is 13.7. The lowest BCUT2D eigenvalue weighted by Gasteiger charge is -2.26. The van der Waals surface area contributed by atoms with E-state index in [1.165, 1.54) is 25.7 Å². The average Bonchev–Trinajstić information content (AvgIpc) is 2.44. The third-order valence-electron chi connectivity index (χ3n) is 4.01. The smallest absolute Gasteiger partial charge is 0.251 e. The molecule has 2 unspecified atom stereocenters. The highest BCUT2D eigenvalue weighted by atomic mass is 79.9. The van der Waals surface area contributed by atoms with Crippen LogP contribution in [0.1, 0.15) is 43.0 Å². The summed E-state index contributed by atoms with van der Waals surface area (Å²) in [7, 11) is 1.62. The first-order valence-electron chi connectivity index (χ1n) is 7.22. The molecule has 1 N–H and O–H groups in total. The van der Waals surface area contributed by atoms with Crippen molar-refractivity contribution < 1.29 is 9.53 Å². The van der Waals surface area contributed by atoms with Crippen LogP contribution in [0.5, 0.6) is 5.75 Å². The van der Waals surface area contributed by atoms with E-state index in [1.807, 2.05) is 6.07 Å². The van der Waals surface area contributed by atoms with Gasteiger partial charge >= 0.3 is 0 Å². The molecule has 2 atom stereocenters. The molecule has 3 nitrogen and oxygen atoms in total. The molecule has 0 heterocycles. The molecule has 1 aromatic rings. The molecule has 1 aromatic carbocycles. The largest absolute Gasteiger partial charge is 0.496 e. The summed E-state index contributed by atoms with van der Waals surface area (Å²) in [4.78, 5) is 12.1. The van der Waals surface area contributed by atoms with Crippen molar-refractivity contribution in [1.82, 2.24) is 5.32 Å². The molecule has 110 valence electrons. The highest BCUT2D eigenvalue weighted by Crippen LogP contribution is 2.28. The predicted molar refractivity (Wildman–Crippen MR) is 84.1 cm³/mol. The van der Waals surface area contributed by atoms with Crippen LogP contribution in [0.3, 0.4) is 0 Å². The minimum Gasteiger partial charge on any atom is -0.496 e. The molecule has 0 spiro atoms. The van der Waals surface area contributed by atoms with Crippen LogP contribution in [0.15, 0.2) is 22.7 Å². The molecule has 0 saturated heterocycles. The molecule has 2 rings (SSSR count). The van der Waals surface area contributed by atoms with Crippen LogP contribution in [-0.4, -0.2) is 19.6 Å². The Bertz CT molecular complexity index is 476. The molecule has 4 heteroatoms. The normalized spacial score (nSPS) is 22.4. The van der Waals surface area contributed by atoms with Crippen LogP contribution in [-0.2, 0) is 0 Å². The molecule has 1 fully saturated rings. The van der Waals surface area contributed by atoms with Gasteiger partial charge in [-0.15, -0.1) is 0 Å². The second-order valence-corrected chi connectivity index (χ2v) is 6.55. The Morgan fingerprint density at radius 2 is 2.25 bits per heavy atom. The number of hydrogen-bond donors (Lipinski definition) is 1. The van der Waals surface area contributed by atoms with Crippen LogP contribution in [0, 0.1) is 11.8 Å². The van der Waals surface area contributed by atoms with Gasteiger partial charge in [0, 0.05) is 12.1 Å². The third-order valence-corrected chi connectivity index (χ3v) is 4.63. The lowest BCUT2D eigenvalue weighted by Crippen LogP contribution is -2.31. The zero-order chi connectivity index (χ0) is 14.5. The van der Waals surface area contributed by atoms with Crippen molar-refractivity contribution in [2.45, 2.75) is 32.6 Å². The van der Waals surface area contributed by atoms with E-state index < -0.39 is 0 Å². The van der Waals surface area contributed by atoms with Crippen molar-refractivity contribution in [3.05, 3.63) is 28.2 Å². The van der Waals surface area contributed by atoms with Crippen molar-refractivity contribution in [3.63, 3.8) is 0 Å². The minimum absolute atomic E-state index is 0.00780. The van der Waals surface area contributed by atoms with Gasteiger partial charge < -0.3 is 10.1 Å². The Labute approximate surface area is 129 Å². The van der Waals surface area contributed by atoms with Gasteiger partial charge in [-0.2, -0.15) is 0 Å². The average molecular weight is 340 g/mol. The maximum Gasteiger partial charge on any atom is 0.251 e. The number of nitrogens with one attached hydrogen (secondary N) is 1. The van der Waals surface area contributed by atoms with Gasteiger partial charge in [0.1, 0.15) is 5.75 Å². The van der Waals surface area contributed by atoms with Crippen LogP contribution < -0.4 is 10.1 Å². The van der Waals surface area contributed by atoms with Crippen molar-refractivity contribution in [2.24, 2.45) is 11.8 Å². The van der Waals surface area contributed by atoms with Gasteiger partial charge in [0.25, 0.3) is 5.91 Å². The summed E-state index contributed by atoms with van der Waals surface area (Å²) in [6, 6.07) is 5.40. The Kier molecular flexibility index (Phi) is 5.46. The highest BCUT2D eigenvalue weighted by Gasteiger charge is 2.19. The summed E-state index contributed by atoms with van der Waals surface area (Å²) in [5, 5.41) is 3.05. The molecule has 0 aromatic heterocycles. The summed E-state index contributed by atoms with van der Waals surface area (Å²) in [6.07, 6.45) is 5.08. The number of ether oxygens (including phenoxy) is 1. The zero-order valence-electron chi connectivity index (χ0n) is 12.1. The van der Waals surface area contributed by atoms with Gasteiger partial charge in [0.05, 0.1) is 11.6 Å². The number of rotatable bonds is 4. The fraction of sp³-hybridized carbons (Fsp3) is 0.562. The number of hydrogen-bond acceptors (Lipinski definition) is 2. The van der Waals surface area contributed by atoms with Crippen molar-refractivity contribution in [2.75, 3.05) is 13.7 Å². The third kappa shape index (κ3) is 3.98. The van der Waals surface area contributed by atoms with E-state index in [-0.39, 0.29) is 5.91 Å². The second kappa shape index (κ2) is 7.11. The number of carbonyl (C=O) groups is 1. The van der Waals surface area contributed by atoms with Crippen molar-refractivity contribution in [3.8, 4) is 5.75 Å². The fourth-order valence-electron chi connectivity index (χ4n) is 2.89. The number of halogens is 1. The molecule has 1 aliphatic rings. The Morgan fingerprint density at radius 1 is 1.45 bits per heavy atom. The number of benzene rings is 1. The maximum absolute atomic E-state index is 12.1. The summed E-state index contributed by atoms with van der Waals surface area (Å²) in [5.74, 6) is 2.15. The van der Waals surface area contributed by atoms with Gasteiger partial charge in [-0.25, -0.2) is 0 Å². The van der Waals surface area contributed by atoms with Crippen molar-refractivity contribution >= 4 is 21.8 Å². The maximum atomic E-state index is 12.1. The van der Waals surface area contributed by atoms with Gasteiger partial charge in [0.2, 0.25) is 0 Å².